The molecular weight excluding hydrogens is 309 g/mol. The van der Waals surface area contributed by atoms with E-state index in [-0.39, 0.29) is 29.3 Å². The van der Waals surface area contributed by atoms with Gasteiger partial charge in [-0.05, 0) is 37.0 Å². The number of benzene rings is 1. The molecule has 5 nitrogen and oxygen atoms in total. The zero-order valence-corrected chi connectivity index (χ0v) is 12.9. The van der Waals surface area contributed by atoms with E-state index < -0.39 is 22.7 Å². The van der Waals surface area contributed by atoms with Crippen molar-refractivity contribution in [1.29, 1.82) is 0 Å². The summed E-state index contributed by atoms with van der Waals surface area (Å²) in [6.07, 6.45) is -0.0765. The van der Waals surface area contributed by atoms with Crippen molar-refractivity contribution in [2.75, 3.05) is 17.2 Å². The second-order valence-electron chi connectivity index (χ2n) is 5.62. The van der Waals surface area contributed by atoms with Gasteiger partial charge in [-0.2, -0.15) is 0 Å². The number of halogens is 1. The van der Waals surface area contributed by atoms with Crippen LogP contribution in [-0.2, 0) is 20.3 Å². The van der Waals surface area contributed by atoms with Gasteiger partial charge in [-0.25, -0.2) is 9.18 Å². The normalized spacial score (nSPS) is 28.8. The molecule has 1 aromatic rings. The Balaban J connectivity index is 1.82. The first-order chi connectivity index (χ1) is 10.5. The molecule has 0 radical (unpaired) electrons. The molecule has 2 fully saturated rings. The summed E-state index contributed by atoms with van der Waals surface area (Å²) in [5.74, 6) is -0.417. The number of hydrogen-bond acceptors (Lipinski definition) is 4. The Morgan fingerprint density at radius 1 is 1.36 bits per heavy atom. The van der Waals surface area contributed by atoms with Crippen LogP contribution in [0.5, 0.6) is 0 Å². The molecule has 2 saturated heterocycles. The monoisotopic (exact) mass is 325 g/mol. The minimum Gasteiger partial charge on any atom is -0.444 e. The topological polar surface area (TPSA) is 63.7 Å². The quantitative estimate of drug-likeness (QED) is 0.837. The average Bonchev–Trinajstić information content (AvgIpc) is 2.81. The minimum atomic E-state index is -1.43. The van der Waals surface area contributed by atoms with E-state index >= 15 is 0 Å². The van der Waals surface area contributed by atoms with E-state index in [1.807, 2.05) is 0 Å². The Hall–Kier alpha value is -1.76. The molecule has 1 aromatic carbocycles. The second-order valence-corrected chi connectivity index (χ2v) is 7.18. The number of cyclic esters (lactones) is 1. The molecule has 1 amide bonds. The van der Waals surface area contributed by atoms with Gasteiger partial charge in [0, 0.05) is 12.2 Å². The number of anilines is 1. The minimum absolute atomic E-state index is 0.103. The van der Waals surface area contributed by atoms with Crippen LogP contribution in [-0.4, -0.2) is 33.8 Å². The van der Waals surface area contributed by atoms with Crippen LogP contribution in [0.4, 0.5) is 14.9 Å². The number of carbonyl (C=O) groups excluding carboxylic acids is 2. The van der Waals surface area contributed by atoms with Crippen LogP contribution < -0.4 is 4.90 Å². The first-order valence-electron chi connectivity index (χ1n) is 7.14. The number of carbonyl (C=O) groups is 2. The van der Waals surface area contributed by atoms with Gasteiger partial charge >= 0.3 is 6.09 Å². The lowest BCUT2D eigenvalue weighted by Gasteiger charge is -2.22. The van der Waals surface area contributed by atoms with Crippen LogP contribution in [0.1, 0.15) is 31.2 Å². The lowest BCUT2D eigenvalue weighted by Crippen LogP contribution is -2.25. The molecule has 2 aliphatic rings. The van der Waals surface area contributed by atoms with Crippen LogP contribution >= 0.6 is 0 Å². The fourth-order valence-corrected chi connectivity index (χ4v) is 3.97. The third kappa shape index (κ3) is 2.77. The maximum atomic E-state index is 14.4. The number of nitrogens with zero attached hydrogens (tertiary/aromatic N) is 1. The lowest BCUT2D eigenvalue weighted by molar-refractivity contribution is -0.112. The van der Waals surface area contributed by atoms with Crippen molar-refractivity contribution in [1.82, 2.24) is 0 Å². The van der Waals surface area contributed by atoms with Crippen molar-refractivity contribution < 1.29 is 22.9 Å². The first-order valence-corrected chi connectivity index (χ1v) is 8.46. The fraction of sp³-hybridized carbons (Fsp3) is 0.467. The molecule has 118 valence electrons. The summed E-state index contributed by atoms with van der Waals surface area (Å²) in [5, 5.41) is -0.323. The third-order valence-corrected chi connectivity index (χ3v) is 5.30. The smallest absolute Gasteiger partial charge is 0.414 e. The fourth-order valence-electron chi connectivity index (χ4n) is 2.86. The highest BCUT2D eigenvalue weighted by molar-refractivity contribution is 8.00. The summed E-state index contributed by atoms with van der Waals surface area (Å²) in [6, 6.07) is 4.56. The van der Waals surface area contributed by atoms with Crippen LogP contribution in [0.2, 0.25) is 0 Å². The molecule has 7 heteroatoms. The van der Waals surface area contributed by atoms with E-state index in [4.69, 9.17) is 4.74 Å². The highest BCUT2D eigenvalue weighted by Gasteiger charge is 2.31. The van der Waals surface area contributed by atoms with E-state index in [1.54, 1.807) is 19.1 Å². The summed E-state index contributed by atoms with van der Waals surface area (Å²) in [6.45, 7) is 2.16. The zero-order valence-electron chi connectivity index (χ0n) is 12.1. The molecule has 2 aliphatic heterocycles. The predicted molar refractivity (Wildman–Crippen MR) is 79.7 cm³/mol. The van der Waals surface area contributed by atoms with Gasteiger partial charge in [0.05, 0.1) is 23.0 Å². The molecule has 3 rings (SSSR count). The van der Waals surface area contributed by atoms with E-state index in [9.17, 15) is 18.2 Å². The molecule has 0 aliphatic carbocycles. The van der Waals surface area contributed by atoms with Crippen LogP contribution in [0.3, 0.4) is 0 Å². The average molecular weight is 325 g/mol. The van der Waals surface area contributed by atoms with Crippen LogP contribution in [0.25, 0.3) is 0 Å². The van der Waals surface area contributed by atoms with E-state index in [1.165, 1.54) is 11.0 Å². The van der Waals surface area contributed by atoms with Crippen molar-refractivity contribution in [3.05, 3.63) is 29.6 Å². The predicted octanol–water partition coefficient (Wildman–Crippen LogP) is 2.32. The molecule has 0 unspecified atom stereocenters. The van der Waals surface area contributed by atoms with Gasteiger partial charge in [-0.15, -0.1) is 0 Å². The van der Waals surface area contributed by atoms with Gasteiger partial charge in [-0.3, -0.25) is 13.9 Å². The molecule has 3 atom stereocenters. The Morgan fingerprint density at radius 3 is 2.73 bits per heavy atom. The number of hydrogen-bond donors (Lipinski definition) is 0. The van der Waals surface area contributed by atoms with E-state index in [0.717, 1.165) is 0 Å². The van der Waals surface area contributed by atoms with Crippen molar-refractivity contribution in [3.63, 3.8) is 0 Å². The van der Waals surface area contributed by atoms with Crippen LogP contribution in [0.15, 0.2) is 18.2 Å². The summed E-state index contributed by atoms with van der Waals surface area (Å²) in [5.41, 5.74) is 0.885. The Morgan fingerprint density at radius 2 is 2.14 bits per heavy atom. The molecule has 0 aromatic heterocycles. The molecule has 0 spiro atoms. The van der Waals surface area contributed by atoms with Gasteiger partial charge in [-0.1, -0.05) is 6.07 Å². The van der Waals surface area contributed by atoms with Crippen molar-refractivity contribution >= 4 is 27.7 Å². The van der Waals surface area contributed by atoms with Gasteiger partial charge in [0.1, 0.15) is 11.9 Å². The molecule has 2 heterocycles. The maximum absolute atomic E-state index is 14.4. The SMILES string of the molecule is C[C@@H]1CN(c2ccc([C@@H]3CC[S@@](=O)C(=O)C3)c(F)c2)C(=O)O1. The van der Waals surface area contributed by atoms with Gasteiger partial charge < -0.3 is 4.74 Å². The third-order valence-electron chi connectivity index (χ3n) is 4.02. The lowest BCUT2D eigenvalue weighted by atomic mass is 9.92. The van der Waals surface area contributed by atoms with E-state index in [2.05, 4.69) is 0 Å². The molecule has 0 N–H and O–H groups in total. The van der Waals surface area contributed by atoms with Gasteiger partial charge in [0.2, 0.25) is 5.12 Å². The summed E-state index contributed by atoms with van der Waals surface area (Å²) in [4.78, 5) is 24.6. The van der Waals surface area contributed by atoms with Crippen molar-refractivity contribution in [3.8, 4) is 0 Å². The molecule has 0 bridgehead atoms. The summed E-state index contributed by atoms with van der Waals surface area (Å²) < 4.78 is 30.8. The largest absolute Gasteiger partial charge is 0.444 e. The second kappa shape index (κ2) is 5.79. The van der Waals surface area contributed by atoms with Crippen molar-refractivity contribution in [2.45, 2.75) is 31.8 Å². The standard InChI is InChI=1S/C15H16FNO4S/c1-9-8-17(15(19)21-9)11-2-3-12(13(16)7-11)10-4-5-22(20)14(18)6-10/h2-3,7,9-10H,4-6,8H2,1H3/t9-,10-,22-/m1/s1. The van der Waals surface area contributed by atoms with Crippen molar-refractivity contribution in [2.24, 2.45) is 0 Å². The number of rotatable bonds is 2. The first kappa shape index (κ1) is 15.1. The number of amides is 1. The molecule has 0 saturated carbocycles. The van der Waals surface area contributed by atoms with Crippen LogP contribution in [0, 0.1) is 5.82 Å². The highest BCUT2D eigenvalue weighted by Crippen LogP contribution is 2.33. The number of ether oxygens (including phenoxy) is 1. The Bertz CT molecular complexity index is 663. The molecular formula is C15H16FNO4S. The maximum Gasteiger partial charge on any atom is 0.414 e. The highest BCUT2D eigenvalue weighted by atomic mass is 32.2. The Kier molecular flexibility index (Phi) is 3.99. The molecule has 22 heavy (non-hydrogen) atoms. The summed E-state index contributed by atoms with van der Waals surface area (Å²) in [7, 11) is -1.43. The summed E-state index contributed by atoms with van der Waals surface area (Å²) >= 11 is 0. The Labute approximate surface area is 129 Å². The zero-order chi connectivity index (χ0) is 15.9. The van der Waals surface area contributed by atoms with Gasteiger partial charge in [0.25, 0.3) is 0 Å². The van der Waals surface area contributed by atoms with E-state index in [0.29, 0.717) is 24.2 Å². The van der Waals surface area contributed by atoms with Gasteiger partial charge in [0.15, 0.2) is 0 Å².